The Morgan fingerprint density at radius 3 is 2.80 bits per heavy atom. The summed E-state index contributed by atoms with van der Waals surface area (Å²) in [7, 11) is 0. The first kappa shape index (κ1) is 10.0. The topological polar surface area (TPSA) is 64.9 Å². The molecule has 0 saturated heterocycles. The van der Waals surface area contributed by atoms with Crippen molar-refractivity contribution in [2.75, 3.05) is 5.73 Å². The molecule has 0 fully saturated rings. The van der Waals surface area contributed by atoms with Crippen LogP contribution in [0.1, 0.15) is 11.5 Å². The van der Waals surface area contributed by atoms with E-state index in [-0.39, 0.29) is 0 Å². The lowest BCUT2D eigenvalue weighted by atomic mass is 10.4. The maximum Gasteiger partial charge on any atom is 0.260 e. The van der Waals surface area contributed by atoms with Crippen LogP contribution >= 0.6 is 11.8 Å². The van der Waals surface area contributed by atoms with Gasteiger partial charge >= 0.3 is 0 Å². The smallest absolute Gasteiger partial charge is 0.260 e. The molecule has 0 radical (unpaired) electrons. The Labute approximate surface area is 91.9 Å². The van der Waals surface area contributed by atoms with Crippen LogP contribution in [0.5, 0.6) is 0 Å². The van der Waals surface area contributed by atoms with Gasteiger partial charge in [-0.25, -0.2) is 9.97 Å². The van der Waals surface area contributed by atoms with Crippen molar-refractivity contribution < 1.29 is 4.42 Å². The molecular formula is C10H11N3OS. The summed E-state index contributed by atoms with van der Waals surface area (Å²) in [4.78, 5) is 9.16. The van der Waals surface area contributed by atoms with Gasteiger partial charge in [-0.1, -0.05) is 0 Å². The Balaban J connectivity index is 2.22. The van der Waals surface area contributed by atoms with Gasteiger partial charge in [0.25, 0.3) is 5.22 Å². The van der Waals surface area contributed by atoms with Crippen LogP contribution in [0.4, 0.5) is 5.82 Å². The highest BCUT2D eigenvalue weighted by Gasteiger charge is 2.07. The van der Waals surface area contributed by atoms with E-state index in [4.69, 9.17) is 10.2 Å². The average molecular weight is 221 g/mol. The lowest BCUT2D eigenvalue weighted by Gasteiger charge is -1.96. The molecular weight excluding hydrogens is 210 g/mol. The zero-order valence-corrected chi connectivity index (χ0v) is 9.34. The van der Waals surface area contributed by atoms with Crippen LogP contribution < -0.4 is 5.73 Å². The van der Waals surface area contributed by atoms with Gasteiger partial charge in [0, 0.05) is 11.1 Å². The van der Waals surface area contributed by atoms with Gasteiger partial charge in [-0.15, -0.1) is 0 Å². The molecule has 0 aliphatic heterocycles. The van der Waals surface area contributed by atoms with Gasteiger partial charge in [0.1, 0.15) is 11.6 Å². The lowest BCUT2D eigenvalue weighted by Crippen LogP contribution is -1.88. The summed E-state index contributed by atoms with van der Waals surface area (Å²) in [5, 5.41) is 0.635. The normalized spacial score (nSPS) is 10.5. The summed E-state index contributed by atoms with van der Waals surface area (Å²) in [5.41, 5.74) is 6.49. The second-order valence-electron chi connectivity index (χ2n) is 3.14. The van der Waals surface area contributed by atoms with E-state index in [1.807, 2.05) is 19.9 Å². The van der Waals surface area contributed by atoms with E-state index in [0.717, 1.165) is 16.3 Å². The van der Waals surface area contributed by atoms with Crippen molar-refractivity contribution in [3.63, 3.8) is 0 Å². The summed E-state index contributed by atoms with van der Waals surface area (Å²) in [6.07, 6.45) is 1.67. The van der Waals surface area contributed by atoms with Crippen LogP contribution in [-0.2, 0) is 0 Å². The first-order valence-corrected chi connectivity index (χ1v) is 5.30. The van der Waals surface area contributed by atoms with Crippen molar-refractivity contribution in [1.82, 2.24) is 9.97 Å². The van der Waals surface area contributed by atoms with Gasteiger partial charge in [0.15, 0.2) is 0 Å². The fraction of sp³-hybridized carbons (Fsp3) is 0.200. The fourth-order valence-electron chi connectivity index (χ4n) is 1.08. The maximum absolute atomic E-state index is 5.57. The molecule has 15 heavy (non-hydrogen) atoms. The number of aryl methyl sites for hydroxylation is 2. The summed E-state index contributed by atoms with van der Waals surface area (Å²) in [6.45, 7) is 3.82. The quantitative estimate of drug-likeness (QED) is 0.843. The standard InChI is InChI=1S/C10H11N3OS/c1-6-7(2)14-10(13-6)15-8-3-4-12-9(11)5-8/h3-5H,1-2H3,(H2,11,12). The van der Waals surface area contributed by atoms with Crippen molar-refractivity contribution >= 4 is 17.6 Å². The molecule has 0 aromatic carbocycles. The molecule has 2 aromatic rings. The maximum atomic E-state index is 5.57. The third-order valence-corrected chi connectivity index (χ3v) is 2.81. The van der Waals surface area contributed by atoms with Crippen LogP contribution in [0.15, 0.2) is 32.9 Å². The minimum absolute atomic E-state index is 0.500. The Hall–Kier alpha value is -1.49. The van der Waals surface area contributed by atoms with Crippen LogP contribution in [0.2, 0.25) is 0 Å². The van der Waals surface area contributed by atoms with Crippen LogP contribution in [-0.4, -0.2) is 9.97 Å². The van der Waals surface area contributed by atoms with Crippen molar-refractivity contribution in [2.24, 2.45) is 0 Å². The number of nitrogens with two attached hydrogens (primary N) is 1. The van der Waals surface area contributed by atoms with Crippen molar-refractivity contribution in [2.45, 2.75) is 24.0 Å². The first-order valence-electron chi connectivity index (χ1n) is 4.48. The van der Waals surface area contributed by atoms with E-state index in [1.54, 1.807) is 12.3 Å². The molecule has 2 heterocycles. The molecule has 0 unspecified atom stereocenters. The number of rotatable bonds is 2. The molecule has 78 valence electrons. The second-order valence-corrected chi connectivity index (χ2v) is 4.16. The summed E-state index contributed by atoms with van der Waals surface area (Å²) in [6, 6.07) is 3.66. The Morgan fingerprint density at radius 1 is 1.40 bits per heavy atom. The summed E-state index contributed by atoms with van der Waals surface area (Å²) < 4.78 is 5.45. The monoisotopic (exact) mass is 221 g/mol. The summed E-state index contributed by atoms with van der Waals surface area (Å²) >= 11 is 1.44. The van der Waals surface area contributed by atoms with Crippen LogP contribution in [0, 0.1) is 13.8 Å². The Morgan fingerprint density at radius 2 is 2.20 bits per heavy atom. The summed E-state index contributed by atoms with van der Waals surface area (Å²) in [5.74, 6) is 1.35. The number of nitrogen functional groups attached to an aromatic ring is 1. The van der Waals surface area contributed by atoms with Gasteiger partial charge in [0.05, 0.1) is 5.69 Å². The Bertz CT molecular complexity index is 462. The zero-order valence-electron chi connectivity index (χ0n) is 8.52. The molecule has 0 saturated carbocycles. The third-order valence-electron chi connectivity index (χ3n) is 1.97. The highest BCUT2D eigenvalue weighted by Crippen LogP contribution is 2.28. The van der Waals surface area contributed by atoms with E-state index in [1.165, 1.54) is 11.8 Å². The van der Waals surface area contributed by atoms with Gasteiger partial charge < -0.3 is 10.2 Å². The van der Waals surface area contributed by atoms with Crippen molar-refractivity contribution in [3.8, 4) is 0 Å². The van der Waals surface area contributed by atoms with Gasteiger partial charge in [-0.3, -0.25) is 0 Å². The number of hydrogen-bond donors (Lipinski definition) is 1. The molecule has 4 nitrogen and oxygen atoms in total. The number of aromatic nitrogens is 2. The SMILES string of the molecule is Cc1nc(Sc2ccnc(N)c2)oc1C. The Kier molecular flexibility index (Phi) is 2.64. The minimum atomic E-state index is 0.500. The molecule has 0 amide bonds. The number of anilines is 1. The fourth-order valence-corrected chi connectivity index (χ4v) is 1.94. The second kappa shape index (κ2) is 3.94. The molecule has 0 aliphatic carbocycles. The first-order chi connectivity index (χ1) is 7.15. The van der Waals surface area contributed by atoms with E-state index >= 15 is 0 Å². The van der Waals surface area contributed by atoms with Crippen LogP contribution in [0.3, 0.4) is 0 Å². The molecule has 2 N–H and O–H groups in total. The van der Waals surface area contributed by atoms with Gasteiger partial charge in [0.2, 0.25) is 0 Å². The molecule has 2 aromatic heterocycles. The molecule has 5 heteroatoms. The average Bonchev–Trinajstić information content (AvgIpc) is 2.45. The zero-order chi connectivity index (χ0) is 10.8. The predicted molar refractivity (Wildman–Crippen MR) is 58.7 cm³/mol. The minimum Gasteiger partial charge on any atom is -0.436 e. The van der Waals surface area contributed by atoms with E-state index in [2.05, 4.69) is 9.97 Å². The van der Waals surface area contributed by atoms with Gasteiger partial charge in [-0.2, -0.15) is 0 Å². The highest BCUT2D eigenvalue weighted by atomic mass is 32.2. The predicted octanol–water partition coefficient (Wildman–Crippen LogP) is 2.42. The number of oxazole rings is 1. The largest absolute Gasteiger partial charge is 0.436 e. The van der Waals surface area contributed by atoms with E-state index < -0.39 is 0 Å². The molecule has 0 spiro atoms. The van der Waals surface area contributed by atoms with Crippen molar-refractivity contribution in [3.05, 3.63) is 29.8 Å². The molecule has 2 rings (SSSR count). The number of pyridine rings is 1. The number of hydrogen-bond acceptors (Lipinski definition) is 5. The van der Waals surface area contributed by atoms with Crippen molar-refractivity contribution in [1.29, 1.82) is 0 Å². The number of nitrogens with zero attached hydrogens (tertiary/aromatic N) is 2. The van der Waals surface area contributed by atoms with Gasteiger partial charge in [-0.05, 0) is 37.7 Å². The molecule has 0 atom stereocenters. The molecule has 0 aliphatic rings. The lowest BCUT2D eigenvalue weighted by molar-refractivity contribution is 0.431. The van der Waals surface area contributed by atoms with E-state index in [0.29, 0.717) is 11.0 Å². The van der Waals surface area contributed by atoms with Crippen LogP contribution in [0.25, 0.3) is 0 Å². The van der Waals surface area contributed by atoms with E-state index in [9.17, 15) is 0 Å². The molecule has 0 bridgehead atoms. The third kappa shape index (κ3) is 2.30. The highest BCUT2D eigenvalue weighted by molar-refractivity contribution is 7.99.